The maximum absolute atomic E-state index is 14.1. The molecule has 3 N–H and O–H groups in total. The SMILES string of the molecule is CCN(CC)CCCNc1ccc(NC=C2C(=O)Nc3cccc(F)c32)cc1. The van der Waals surface area contributed by atoms with Gasteiger partial charge in [0.25, 0.3) is 5.91 Å². The van der Waals surface area contributed by atoms with E-state index in [1.807, 2.05) is 24.3 Å². The number of anilines is 3. The van der Waals surface area contributed by atoms with Gasteiger partial charge in [-0.15, -0.1) is 0 Å². The topological polar surface area (TPSA) is 56.4 Å². The number of hydrogen-bond acceptors (Lipinski definition) is 4. The summed E-state index contributed by atoms with van der Waals surface area (Å²) in [4.78, 5) is 14.5. The lowest BCUT2D eigenvalue weighted by atomic mass is 10.1. The van der Waals surface area contributed by atoms with Crippen molar-refractivity contribution in [2.24, 2.45) is 0 Å². The van der Waals surface area contributed by atoms with Crippen molar-refractivity contribution in [2.45, 2.75) is 20.3 Å². The molecular weight excluding hydrogens is 355 g/mol. The molecule has 0 spiro atoms. The number of fused-ring (bicyclic) bond motifs is 1. The third-order valence-corrected chi connectivity index (χ3v) is 4.92. The first-order valence-electron chi connectivity index (χ1n) is 9.75. The van der Waals surface area contributed by atoms with Crippen molar-refractivity contribution in [1.29, 1.82) is 0 Å². The first kappa shape index (κ1) is 19.9. The van der Waals surface area contributed by atoms with E-state index in [0.717, 1.165) is 44.0 Å². The number of amides is 1. The number of carbonyl (C=O) groups excluding carboxylic acids is 1. The summed E-state index contributed by atoms with van der Waals surface area (Å²) >= 11 is 0. The molecule has 28 heavy (non-hydrogen) atoms. The lowest BCUT2D eigenvalue weighted by Gasteiger charge is -2.18. The van der Waals surface area contributed by atoms with Gasteiger partial charge in [0.05, 0.1) is 11.3 Å². The molecule has 148 valence electrons. The lowest BCUT2D eigenvalue weighted by Crippen LogP contribution is -2.25. The lowest BCUT2D eigenvalue weighted by molar-refractivity contribution is -0.110. The molecule has 6 heteroatoms. The fourth-order valence-electron chi connectivity index (χ4n) is 3.26. The summed E-state index contributed by atoms with van der Waals surface area (Å²) in [6.45, 7) is 8.54. The zero-order valence-electron chi connectivity index (χ0n) is 16.4. The fraction of sp³-hybridized carbons (Fsp3) is 0.318. The van der Waals surface area contributed by atoms with Crippen LogP contribution in [0.1, 0.15) is 25.8 Å². The van der Waals surface area contributed by atoms with Gasteiger partial charge in [-0.25, -0.2) is 4.39 Å². The predicted octanol–water partition coefficient (Wildman–Crippen LogP) is 4.37. The Bertz CT molecular complexity index is 844. The molecule has 5 nitrogen and oxygen atoms in total. The zero-order valence-corrected chi connectivity index (χ0v) is 16.4. The third kappa shape index (κ3) is 4.70. The summed E-state index contributed by atoms with van der Waals surface area (Å²) in [5.74, 6) is -0.716. The average molecular weight is 382 g/mol. The number of nitrogens with zero attached hydrogens (tertiary/aromatic N) is 1. The minimum absolute atomic E-state index is 0.298. The van der Waals surface area contributed by atoms with E-state index >= 15 is 0 Å². The van der Waals surface area contributed by atoms with Gasteiger partial charge in [0.1, 0.15) is 5.82 Å². The molecule has 0 fully saturated rings. The van der Waals surface area contributed by atoms with Gasteiger partial charge in [-0.3, -0.25) is 4.79 Å². The Balaban J connectivity index is 1.55. The minimum atomic E-state index is -0.409. The number of nitrogens with one attached hydrogen (secondary N) is 3. The Hall–Kier alpha value is -2.86. The Kier molecular flexibility index (Phi) is 6.66. The van der Waals surface area contributed by atoms with Gasteiger partial charge in [0, 0.05) is 29.7 Å². The van der Waals surface area contributed by atoms with Crippen LogP contribution in [0.5, 0.6) is 0 Å². The summed E-state index contributed by atoms with van der Waals surface area (Å²) in [5.41, 5.74) is 2.99. The zero-order chi connectivity index (χ0) is 19.9. The van der Waals surface area contributed by atoms with Crippen molar-refractivity contribution < 1.29 is 9.18 Å². The summed E-state index contributed by atoms with van der Waals surface area (Å²) in [5, 5.41) is 9.18. The van der Waals surface area contributed by atoms with Crippen LogP contribution in [0.4, 0.5) is 21.5 Å². The molecule has 2 aromatic rings. The van der Waals surface area contributed by atoms with E-state index in [2.05, 4.69) is 34.7 Å². The second-order valence-electron chi connectivity index (χ2n) is 6.70. The first-order chi connectivity index (χ1) is 13.6. The van der Waals surface area contributed by atoms with Crippen LogP contribution >= 0.6 is 0 Å². The second kappa shape index (κ2) is 9.37. The smallest absolute Gasteiger partial charge is 0.257 e. The number of hydrogen-bond donors (Lipinski definition) is 3. The molecule has 0 aromatic heterocycles. The maximum atomic E-state index is 14.1. The maximum Gasteiger partial charge on any atom is 0.257 e. The molecular formula is C22H27FN4O. The van der Waals surface area contributed by atoms with Gasteiger partial charge in [-0.2, -0.15) is 0 Å². The van der Waals surface area contributed by atoms with Crippen molar-refractivity contribution in [3.8, 4) is 0 Å². The van der Waals surface area contributed by atoms with Crippen LogP contribution in [0, 0.1) is 5.82 Å². The van der Waals surface area contributed by atoms with Gasteiger partial charge in [0.15, 0.2) is 0 Å². The number of rotatable bonds is 9. The highest BCUT2D eigenvalue weighted by molar-refractivity contribution is 6.31. The Morgan fingerprint density at radius 1 is 1.07 bits per heavy atom. The standard InChI is InChI=1S/C22H27FN4O/c1-3-27(4-2)14-6-13-24-16-9-11-17(12-10-16)25-15-18-21-19(23)7-5-8-20(21)26-22(18)28/h5,7-12,15,24-25H,3-4,6,13-14H2,1-2H3,(H,26,28). The van der Waals surface area contributed by atoms with E-state index < -0.39 is 5.82 Å². The second-order valence-corrected chi connectivity index (χ2v) is 6.70. The van der Waals surface area contributed by atoms with Crippen molar-refractivity contribution in [3.63, 3.8) is 0 Å². The van der Waals surface area contributed by atoms with Crippen molar-refractivity contribution in [3.05, 3.63) is 60.0 Å². The minimum Gasteiger partial charge on any atom is -0.385 e. The summed E-state index contributed by atoms with van der Waals surface area (Å²) in [6.07, 6.45) is 2.64. The van der Waals surface area contributed by atoms with Gasteiger partial charge in [0.2, 0.25) is 0 Å². The Morgan fingerprint density at radius 3 is 2.50 bits per heavy atom. The fourth-order valence-corrected chi connectivity index (χ4v) is 3.26. The molecule has 0 aliphatic carbocycles. The van der Waals surface area contributed by atoms with Crippen LogP contribution in [0.15, 0.2) is 48.7 Å². The predicted molar refractivity (Wildman–Crippen MR) is 114 cm³/mol. The normalized spacial score (nSPS) is 14.3. The van der Waals surface area contributed by atoms with E-state index in [1.54, 1.807) is 18.3 Å². The Labute approximate surface area is 165 Å². The van der Waals surface area contributed by atoms with Crippen molar-refractivity contribution in [2.75, 3.05) is 42.1 Å². The van der Waals surface area contributed by atoms with Gasteiger partial charge in [-0.1, -0.05) is 19.9 Å². The molecule has 1 amide bonds. The highest BCUT2D eigenvalue weighted by atomic mass is 19.1. The number of benzene rings is 2. The van der Waals surface area contributed by atoms with Crippen LogP contribution in [0.25, 0.3) is 5.57 Å². The van der Waals surface area contributed by atoms with Crippen LogP contribution < -0.4 is 16.0 Å². The largest absolute Gasteiger partial charge is 0.385 e. The molecule has 0 saturated carbocycles. The van der Waals surface area contributed by atoms with E-state index in [4.69, 9.17) is 0 Å². The molecule has 3 rings (SSSR count). The van der Waals surface area contributed by atoms with Crippen LogP contribution in [-0.4, -0.2) is 37.0 Å². The van der Waals surface area contributed by atoms with E-state index in [-0.39, 0.29) is 5.91 Å². The molecule has 1 heterocycles. The van der Waals surface area contributed by atoms with Gasteiger partial charge in [-0.05, 0) is 62.5 Å². The van der Waals surface area contributed by atoms with Crippen LogP contribution in [-0.2, 0) is 4.79 Å². The quantitative estimate of drug-likeness (QED) is 0.445. The molecule has 2 aromatic carbocycles. The van der Waals surface area contributed by atoms with Crippen molar-refractivity contribution in [1.82, 2.24) is 4.90 Å². The van der Waals surface area contributed by atoms with E-state index in [9.17, 15) is 9.18 Å². The number of carbonyl (C=O) groups is 1. The summed E-state index contributed by atoms with van der Waals surface area (Å²) in [7, 11) is 0. The molecule has 1 aliphatic heterocycles. The monoisotopic (exact) mass is 382 g/mol. The van der Waals surface area contributed by atoms with Crippen LogP contribution in [0.3, 0.4) is 0 Å². The first-order valence-corrected chi connectivity index (χ1v) is 9.75. The van der Waals surface area contributed by atoms with Crippen LogP contribution in [0.2, 0.25) is 0 Å². The van der Waals surface area contributed by atoms with E-state index in [0.29, 0.717) is 16.8 Å². The number of halogens is 1. The molecule has 0 atom stereocenters. The highest BCUT2D eigenvalue weighted by Crippen LogP contribution is 2.33. The highest BCUT2D eigenvalue weighted by Gasteiger charge is 2.27. The third-order valence-electron chi connectivity index (χ3n) is 4.92. The average Bonchev–Trinajstić information content (AvgIpc) is 3.04. The summed E-state index contributed by atoms with van der Waals surface area (Å²) < 4.78 is 14.1. The molecule has 0 bridgehead atoms. The molecule has 1 aliphatic rings. The van der Waals surface area contributed by atoms with E-state index in [1.165, 1.54) is 6.07 Å². The summed E-state index contributed by atoms with van der Waals surface area (Å²) in [6, 6.07) is 12.5. The molecule has 0 radical (unpaired) electrons. The molecule has 0 unspecified atom stereocenters. The molecule has 0 saturated heterocycles. The van der Waals surface area contributed by atoms with Gasteiger partial charge < -0.3 is 20.9 Å². The van der Waals surface area contributed by atoms with Crippen molar-refractivity contribution >= 4 is 28.5 Å². The van der Waals surface area contributed by atoms with Gasteiger partial charge >= 0.3 is 0 Å². The Morgan fingerprint density at radius 2 is 1.79 bits per heavy atom.